The van der Waals surface area contributed by atoms with Gasteiger partial charge in [-0.3, -0.25) is 9.59 Å². The lowest BCUT2D eigenvalue weighted by molar-refractivity contribution is -0.165. The highest BCUT2D eigenvalue weighted by Crippen LogP contribution is 2.42. The molecule has 0 saturated carbocycles. The lowest BCUT2D eigenvalue weighted by Crippen LogP contribution is -2.53. The zero-order valence-corrected chi connectivity index (χ0v) is 23.0. The zero-order valence-electron chi connectivity index (χ0n) is 23.0. The Hall–Kier alpha value is -3.55. The van der Waals surface area contributed by atoms with Crippen molar-refractivity contribution in [2.24, 2.45) is 0 Å². The predicted octanol–water partition coefficient (Wildman–Crippen LogP) is 5.17. The van der Waals surface area contributed by atoms with Crippen LogP contribution in [0.4, 0.5) is 0 Å². The molecule has 1 aliphatic heterocycles. The molecule has 0 bridgehead atoms. The van der Waals surface area contributed by atoms with Crippen molar-refractivity contribution in [2.75, 3.05) is 20.3 Å². The monoisotopic (exact) mass is 526 g/mol. The van der Waals surface area contributed by atoms with Crippen molar-refractivity contribution in [3.63, 3.8) is 0 Å². The van der Waals surface area contributed by atoms with E-state index in [1.165, 1.54) is 21.0 Å². The third-order valence-electron chi connectivity index (χ3n) is 6.83. The highest BCUT2D eigenvalue weighted by atomic mass is 16.6. The van der Waals surface area contributed by atoms with E-state index in [0.717, 1.165) is 24.0 Å². The van der Waals surface area contributed by atoms with E-state index in [2.05, 4.69) is 0 Å². The van der Waals surface area contributed by atoms with E-state index >= 15 is 0 Å². The van der Waals surface area contributed by atoms with Gasteiger partial charge in [-0.1, -0.05) is 32.8 Å². The maximum Gasteiger partial charge on any atom is 0.358 e. The van der Waals surface area contributed by atoms with Gasteiger partial charge in [0.1, 0.15) is 23.0 Å². The molecule has 0 aromatic heterocycles. The molecule has 2 aromatic rings. The van der Waals surface area contributed by atoms with Crippen molar-refractivity contribution < 1.29 is 38.4 Å². The number of aryl methyl sites for hydroxylation is 1. The number of fused-ring (bicyclic) bond motifs is 1. The molecule has 1 unspecified atom stereocenters. The summed E-state index contributed by atoms with van der Waals surface area (Å²) in [5.41, 5.74) is 1.05. The van der Waals surface area contributed by atoms with Gasteiger partial charge in [-0.2, -0.15) is 0 Å². The van der Waals surface area contributed by atoms with Crippen LogP contribution in [-0.4, -0.2) is 48.6 Å². The Labute approximate surface area is 224 Å². The van der Waals surface area contributed by atoms with Crippen LogP contribution in [-0.2, 0) is 33.6 Å². The third kappa shape index (κ3) is 5.95. The SMILES string of the molecule is CCCc1c(OCCCOc2ccc3c(c2CCC)OC(C(C)=O)(C(=O)OC)CC3)ccc(C(C)=O)c1O. The predicted molar refractivity (Wildman–Crippen MR) is 143 cm³/mol. The van der Waals surface area contributed by atoms with Crippen LogP contribution in [0.5, 0.6) is 23.0 Å². The Morgan fingerprint density at radius 1 is 0.947 bits per heavy atom. The average Bonchev–Trinajstić information content (AvgIpc) is 2.90. The highest BCUT2D eigenvalue weighted by Gasteiger charge is 2.50. The van der Waals surface area contributed by atoms with Gasteiger partial charge in [0.25, 0.3) is 5.60 Å². The molecule has 206 valence electrons. The summed E-state index contributed by atoms with van der Waals surface area (Å²) >= 11 is 0. The minimum atomic E-state index is -1.64. The number of esters is 1. The summed E-state index contributed by atoms with van der Waals surface area (Å²) in [6, 6.07) is 7.14. The van der Waals surface area contributed by atoms with E-state index in [4.69, 9.17) is 18.9 Å². The summed E-state index contributed by atoms with van der Waals surface area (Å²) in [5, 5.41) is 10.5. The second-order valence-electron chi connectivity index (χ2n) is 9.55. The molecule has 1 N–H and O–H groups in total. The molecule has 2 aromatic carbocycles. The normalized spacial score (nSPS) is 16.2. The number of rotatable bonds is 13. The van der Waals surface area contributed by atoms with Crippen LogP contribution >= 0.6 is 0 Å². The molecule has 0 aliphatic carbocycles. The molecule has 0 amide bonds. The number of hydrogen-bond acceptors (Lipinski definition) is 8. The molecular weight excluding hydrogens is 488 g/mol. The van der Waals surface area contributed by atoms with Crippen LogP contribution in [0.15, 0.2) is 24.3 Å². The van der Waals surface area contributed by atoms with Crippen molar-refractivity contribution >= 4 is 17.5 Å². The van der Waals surface area contributed by atoms with Crippen LogP contribution in [0.1, 0.15) is 80.4 Å². The van der Waals surface area contributed by atoms with Crippen molar-refractivity contribution in [1.82, 2.24) is 0 Å². The summed E-state index contributed by atoms with van der Waals surface area (Å²) in [5.74, 6) is 0.454. The Morgan fingerprint density at radius 2 is 1.55 bits per heavy atom. The minimum absolute atomic E-state index is 0.0139. The summed E-state index contributed by atoms with van der Waals surface area (Å²) in [6.45, 7) is 7.54. The average molecular weight is 527 g/mol. The Bertz CT molecular complexity index is 1190. The maximum absolute atomic E-state index is 12.5. The van der Waals surface area contributed by atoms with Crippen LogP contribution in [0, 0.1) is 0 Å². The number of carbonyl (C=O) groups is 3. The van der Waals surface area contributed by atoms with Gasteiger partial charge in [0, 0.05) is 24.0 Å². The largest absolute Gasteiger partial charge is 0.507 e. The fraction of sp³-hybridized carbons (Fsp3) is 0.500. The first-order valence-electron chi connectivity index (χ1n) is 13.2. The van der Waals surface area contributed by atoms with Crippen molar-refractivity contribution in [3.05, 3.63) is 46.5 Å². The number of aromatic hydroxyl groups is 1. The van der Waals surface area contributed by atoms with Gasteiger partial charge in [-0.15, -0.1) is 0 Å². The molecule has 0 radical (unpaired) electrons. The van der Waals surface area contributed by atoms with Gasteiger partial charge >= 0.3 is 5.97 Å². The van der Waals surface area contributed by atoms with E-state index < -0.39 is 11.6 Å². The first-order chi connectivity index (χ1) is 18.2. The number of ether oxygens (including phenoxy) is 4. The first-order valence-corrected chi connectivity index (χ1v) is 13.2. The summed E-state index contributed by atoms with van der Waals surface area (Å²) < 4.78 is 23.1. The maximum atomic E-state index is 12.5. The van der Waals surface area contributed by atoms with Gasteiger partial charge in [-0.25, -0.2) is 4.79 Å². The first kappa shape index (κ1) is 29.0. The number of phenols is 1. The molecule has 1 atom stereocenters. The van der Waals surface area contributed by atoms with Crippen LogP contribution < -0.4 is 14.2 Å². The van der Waals surface area contributed by atoms with Crippen molar-refractivity contribution in [1.29, 1.82) is 0 Å². The van der Waals surface area contributed by atoms with E-state index in [0.29, 0.717) is 67.3 Å². The van der Waals surface area contributed by atoms with E-state index in [1.807, 2.05) is 26.0 Å². The van der Waals surface area contributed by atoms with Crippen LogP contribution in [0.25, 0.3) is 0 Å². The van der Waals surface area contributed by atoms with E-state index in [9.17, 15) is 19.5 Å². The van der Waals surface area contributed by atoms with Gasteiger partial charge in [0.05, 0.1) is 25.9 Å². The summed E-state index contributed by atoms with van der Waals surface area (Å²) in [4.78, 5) is 36.8. The number of Topliss-reactive ketones (excluding diaryl/α,β-unsaturated/α-hetero) is 2. The van der Waals surface area contributed by atoms with Crippen molar-refractivity contribution in [2.45, 2.75) is 78.2 Å². The molecule has 3 rings (SSSR count). The lowest BCUT2D eigenvalue weighted by Gasteiger charge is -2.35. The second-order valence-corrected chi connectivity index (χ2v) is 9.55. The number of ketones is 2. The smallest absolute Gasteiger partial charge is 0.358 e. The van der Waals surface area contributed by atoms with Gasteiger partial charge < -0.3 is 24.1 Å². The third-order valence-corrected chi connectivity index (χ3v) is 6.83. The van der Waals surface area contributed by atoms with Crippen LogP contribution in [0.3, 0.4) is 0 Å². The Balaban J connectivity index is 1.72. The molecule has 8 heteroatoms. The quantitative estimate of drug-likeness (QED) is 0.165. The number of benzene rings is 2. The molecular formula is C30H38O8. The minimum Gasteiger partial charge on any atom is -0.507 e. The molecule has 1 heterocycles. The number of methoxy groups -OCH3 is 1. The summed E-state index contributed by atoms with van der Waals surface area (Å²) in [7, 11) is 1.25. The topological polar surface area (TPSA) is 108 Å². The van der Waals surface area contributed by atoms with Crippen LogP contribution in [0.2, 0.25) is 0 Å². The second kappa shape index (κ2) is 12.8. The van der Waals surface area contributed by atoms with E-state index in [-0.39, 0.29) is 23.7 Å². The van der Waals surface area contributed by atoms with Gasteiger partial charge in [0.2, 0.25) is 0 Å². The molecule has 0 spiro atoms. The fourth-order valence-corrected chi connectivity index (χ4v) is 4.79. The molecule has 0 fully saturated rings. The number of phenolic OH excluding ortho intramolecular Hbond substituents is 1. The number of carbonyl (C=O) groups excluding carboxylic acids is 3. The number of hydrogen-bond donors (Lipinski definition) is 1. The molecule has 1 aliphatic rings. The Morgan fingerprint density at radius 3 is 2.13 bits per heavy atom. The molecule has 38 heavy (non-hydrogen) atoms. The zero-order chi connectivity index (χ0) is 27.9. The lowest BCUT2D eigenvalue weighted by atomic mass is 9.86. The van der Waals surface area contributed by atoms with E-state index in [1.54, 1.807) is 12.1 Å². The fourth-order valence-electron chi connectivity index (χ4n) is 4.79. The highest BCUT2D eigenvalue weighted by molar-refractivity contribution is 6.07. The van der Waals surface area contributed by atoms with Crippen molar-refractivity contribution in [3.8, 4) is 23.0 Å². The molecule has 8 nitrogen and oxygen atoms in total. The Kier molecular flexibility index (Phi) is 9.78. The summed E-state index contributed by atoms with van der Waals surface area (Å²) in [6.07, 6.45) is 4.20. The van der Waals surface area contributed by atoms with Gasteiger partial charge in [-0.05, 0) is 56.9 Å². The molecule has 0 saturated heterocycles. The van der Waals surface area contributed by atoms with Gasteiger partial charge in [0.15, 0.2) is 11.6 Å². The standard InChI is InChI=1S/C30H38O8/c1-6-9-23-25(14-12-22(19(3)31)27(23)33)36-17-8-18-37-26-13-11-21-15-16-30(20(4)32,29(34)35-5)38-28(21)24(26)10-7-2/h11-14,33H,6-10,15-18H2,1-5H3.